The van der Waals surface area contributed by atoms with Crippen molar-refractivity contribution < 1.29 is 47.8 Å². The summed E-state index contributed by atoms with van der Waals surface area (Å²) in [5.41, 5.74) is 0. The molecule has 0 aromatic heterocycles. The summed E-state index contributed by atoms with van der Waals surface area (Å²) in [5, 5.41) is 18.1. The molecule has 10 nitrogen and oxygen atoms in total. The molecule has 2 unspecified atom stereocenters. The van der Waals surface area contributed by atoms with E-state index in [0.29, 0.717) is 28.5 Å². The summed E-state index contributed by atoms with van der Waals surface area (Å²) in [4.78, 5) is 46.1. The quantitative estimate of drug-likeness (QED) is 0.0916. The lowest BCUT2D eigenvalue weighted by Gasteiger charge is -2.28. The van der Waals surface area contributed by atoms with Gasteiger partial charge in [-0.3, -0.25) is 14.4 Å². The van der Waals surface area contributed by atoms with Crippen LogP contribution in [0.3, 0.4) is 0 Å². The number of aliphatic carboxylic acids is 2. The normalized spacial score (nSPS) is 13.7. The zero-order chi connectivity index (χ0) is 29.2. The van der Waals surface area contributed by atoms with Crippen molar-refractivity contribution >= 4 is 23.9 Å². The Hall–Kier alpha value is -2.46. The summed E-state index contributed by atoms with van der Waals surface area (Å²) < 4.78 is 11.8. The molecule has 10 heteroatoms. The number of carboxylic acids is 2. The minimum atomic E-state index is -0.986. The average Bonchev–Trinajstić information content (AvgIpc) is 2.70. The summed E-state index contributed by atoms with van der Waals surface area (Å²) in [7, 11) is 11.6. The second-order valence-electron chi connectivity index (χ2n) is 12.1. The highest BCUT2D eigenvalue weighted by Gasteiger charge is 2.25. The summed E-state index contributed by atoms with van der Waals surface area (Å²) in [5.74, 6) is -2.78. The molecule has 0 fully saturated rings. The number of nitrogens with zero attached hydrogens (tertiary/aromatic N) is 2. The van der Waals surface area contributed by atoms with Crippen molar-refractivity contribution in [3.63, 3.8) is 0 Å². The molecule has 0 aromatic rings. The number of rotatable bonds is 22. The van der Waals surface area contributed by atoms with Gasteiger partial charge in [0.15, 0.2) is 12.2 Å². The lowest BCUT2D eigenvalue weighted by molar-refractivity contribution is -0.873. The van der Waals surface area contributed by atoms with Crippen molar-refractivity contribution in [3.8, 4) is 0 Å². The first-order valence-corrected chi connectivity index (χ1v) is 13.7. The van der Waals surface area contributed by atoms with Crippen LogP contribution in [0.4, 0.5) is 0 Å². The third-order valence-electron chi connectivity index (χ3n) is 5.64. The largest absolute Gasteiger partial charge is 0.481 e. The van der Waals surface area contributed by atoms with E-state index in [1.165, 1.54) is 6.08 Å². The van der Waals surface area contributed by atoms with Crippen LogP contribution in [0, 0.1) is 0 Å². The highest BCUT2D eigenvalue weighted by molar-refractivity contribution is 5.82. The van der Waals surface area contributed by atoms with E-state index in [2.05, 4.69) is 0 Å². The highest BCUT2D eigenvalue weighted by atomic mass is 16.5. The Bertz CT molecular complexity index is 753. The number of hydrogen-bond donors (Lipinski definition) is 2. The molecule has 2 N–H and O–H groups in total. The molecule has 0 aliphatic rings. The number of carbonyl (C=O) groups excluding carboxylic acids is 2. The summed E-state index contributed by atoms with van der Waals surface area (Å²) in [6, 6.07) is 0. The van der Waals surface area contributed by atoms with Crippen molar-refractivity contribution in [2.24, 2.45) is 0 Å². The Kier molecular flexibility index (Phi) is 17.5. The number of ether oxygens (including phenoxy) is 2. The maximum Gasteiger partial charge on any atom is 0.330 e. The molecule has 0 saturated heterocycles. The van der Waals surface area contributed by atoms with Gasteiger partial charge in [0.2, 0.25) is 0 Å². The zero-order valence-corrected chi connectivity index (χ0v) is 24.4. The standard InChI is InChI=1S/C28H50N2O8/c1-29(2,3)21-23(19-25(31)32)37-27(35)17-15-13-11-9-7-8-10-12-14-16-18-28(36)38-24(20-26(33)34)22-30(4,5)6/h15,17,23-24H,7-14,16,18-22H2,1-6H3/p+2. The van der Waals surface area contributed by atoms with Crippen molar-refractivity contribution in [3.05, 3.63) is 12.2 Å². The van der Waals surface area contributed by atoms with Gasteiger partial charge in [0.25, 0.3) is 0 Å². The van der Waals surface area contributed by atoms with Crippen LogP contribution in [0.25, 0.3) is 0 Å². The zero-order valence-electron chi connectivity index (χ0n) is 24.4. The Morgan fingerprint density at radius 2 is 1.08 bits per heavy atom. The van der Waals surface area contributed by atoms with Gasteiger partial charge in [-0.25, -0.2) is 4.79 Å². The molecule has 0 amide bonds. The Labute approximate surface area is 228 Å². The van der Waals surface area contributed by atoms with Crippen molar-refractivity contribution in [1.29, 1.82) is 0 Å². The van der Waals surface area contributed by atoms with E-state index in [0.717, 1.165) is 57.8 Å². The predicted molar refractivity (Wildman–Crippen MR) is 145 cm³/mol. The molecule has 0 rings (SSSR count). The number of carboxylic acid groups (broad SMARTS) is 2. The first-order valence-electron chi connectivity index (χ1n) is 13.7. The van der Waals surface area contributed by atoms with Gasteiger partial charge in [0.1, 0.15) is 13.1 Å². The molecule has 0 saturated carbocycles. The van der Waals surface area contributed by atoms with Crippen molar-refractivity contribution in [2.45, 2.75) is 89.3 Å². The Morgan fingerprint density at radius 3 is 1.53 bits per heavy atom. The fraction of sp³-hybridized carbons (Fsp3) is 0.786. The van der Waals surface area contributed by atoms with E-state index < -0.39 is 30.1 Å². The van der Waals surface area contributed by atoms with E-state index in [1.807, 2.05) is 42.3 Å². The van der Waals surface area contributed by atoms with Crippen LogP contribution >= 0.6 is 0 Å². The first kappa shape index (κ1) is 35.5. The molecular formula is C28H52N2O8+2. The Morgan fingerprint density at radius 1 is 0.658 bits per heavy atom. The topological polar surface area (TPSA) is 127 Å². The molecule has 0 aliphatic carbocycles. The van der Waals surface area contributed by atoms with Gasteiger partial charge in [-0.2, -0.15) is 0 Å². The van der Waals surface area contributed by atoms with Crippen molar-refractivity contribution in [1.82, 2.24) is 0 Å². The second kappa shape index (κ2) is 18.7. The molecule has 0 bridgehead atoms. The number of unbranched alkanes of at least 4 members (excludes halogenated alkanes) is 8. The van der Waals surface area contributed by atoms with Gasteiger partial charge in [0.05, 0.1) is 55.1 Å². The van der Waals surface area contributed by atoms with Crippen LogP contribution in [0.15, 0.2) is 12.2 Å². The van der Waals surface area contributed by atoms with Gasteiger partial charge in [-0.15, -0.1) is 0 Å². The van der Waals surface area contributed by atoms with E-state index in [4.69, 9.17) is 19.7 Å². The number of allylic oxidation sites excluding steroid dienone is 1. The van der Waals surface area contributed by atoms with Crippen LogP contribution in [0.5, 0.6) is 0 Å². The average molecular weight is 545 g/mol. The minimum Gasteiger partial charge on any atom is -0.481 e. The van der Waals surface area contributed by atoms with Gasteiger partial charge in [-0.1, -0.05) is 44.6 Å². The number of quaternary nitrogens is 2. The van der Waals surface area contributed by atoms with Crippen LogP contribution in [-0.4, -0.2) is 111 Å². The fourth-order valence-electron chi connectivity index (χ4n) is 4.12. The second-order valence-corrected chi connectivity index (χ2v) is 12.1. The first-order chi connectivity index (χ1) is 17.6. The maximum absolute atomic E-state index is 12.1. The minimum absolute atomic E-state index is 0.175. The molecule has 0 radical (unpaired) electrons. The SMILES string of the molecule is C[N+](C)(C)CC(CC(=O)O)OC(=O)C=CCCCCCCCCCCC(=O)OC(CC(=O)O)C[N+](C)(C)C. The molecule has 0 aliphatic heterocycles. The fourth-order valence-corrected chi connectivity index (χ4v) is 4.12. The molecule has 2 atom stereocenters. The lowest BCUT2D eigenvalue weighted by atomic mass is 10.1. The van der Waals surface area contributed by atoms with Crippen LogP contribution in [-0.2, 0) is 28.7 Å². The summed E-state index contributed by atoms with van der Waals surface area (Å²) in [6.45, 7) is 0.891. The number of hydrogen-bond acceptors (Lipinski definition) is 6. The van der Waals surface area contributed by atoms with E-state index in [1.54, 1.807) is 6.08 Å². The Balaban J connectivity index is 3.92. The van der Waals surface area contributed by atoms with Gasteiger partial charge in [-0.05, 0) is 19.3 Å². The number of esters is 2. The third kappa shape index (κ3) is 23.9. The van der Waals surface area contributed by atoms with Gasteiger partial charge in [0, 0.05) is 12.5 Å². The van der Waals surface area contributed by atoms with Crippen molar-refractivity contribution in [2.75, 3.05) is 55.4 Å². The summed E-state index contributed by atoms with van der Waals surface area (Å²) in [6.07, 6.45) is 10.7. The molecular weight excluding hydrogens is 492 g/mol. The molecule has 0 aromatic carbocycles. The van der Waals surface area contributed by atoms with Gasteiger partial charge >= 0.3 is 23.9 Å². The highest BCUT2D eigenvalue weighted by Crippen LogP contribution is 2.13. The smallest absolute Gasteiger partial charge is 0.330 e. The van der Waals surface area contributed by atoms with Crippen LogP contribution < -0.4 is 0 Å². The lowest BCUT2D eigenvalue weighted by Crippen LogP contribution is -2.43. The molecule has 220 valence electrons. The molecule has 0 heterocycles. The predicted octanol–water partition coefficient (Wildman–Crippen LogP) is 3.63. The monoisotopic (exact) mass is 544 g/mol. The maximum atomic E-state index is 12.1. The van der Waals surface area contributed by atoms with E-state index in [9.17, 15) is 19.2 Å². The number of carbonyl (C=O) groups is 4. The molecule has 38 heavy (non-hydrogen) atoms. The van der Waals surface area contributed by atoms with Crippen LogP contribution in [0.2, 0.25) is 0 Å². The number of likely N-dealkylation sites (N-methyl/N-ethyl adjacent to an activating group) is 2. The van der Waals surface area contributed by atoms with E-state index >= 15 is 0 Å². The van der Waals surface area contributed by atoms with Crippen LogP contribution in [0.1, 0.15) is 77.0 Å². The molecule has 0 spiro atoms. The van der Waals surface area contributed by atoms with E-state index in [-0.39, 0.29) is 18.8 Å². The van der Waals surface area contributed by atoms with Gasteiger partial charge < -0.3 is 28.7 Å². The third-order valence-corrected chi connectivity index (χ3v) is 5.64. The summed E-state index contributed by atoms with van der Waals surface area (Å²) >= 11 is 0.